The van der Waals surface area contributed by atoms with E-state index in [9.17, 15) is 9.59 Å². The summed E-state index contributed by atoms with van der Waals surface area (Å²) in [5.74, 6) is -0.737. The number of anilines is 1. The van der Waals surface area contributed by atoms with E-state index in [1.807, 2.05) is 0 Å². The van der Waals surface area contributed by atoms with Crippen LogP contribution in [-0.2, 0) is 9.53 Å². The van der Waals surface area contributed by atoms with Gasteiger partial charge in [0, 0.05) is 23.8 Å². The molecule has 0 aliphatic rings. The van der Waals surface area contributed by atoms with Crippen LogP contribution < -0.4 is 5.32 Å². The number of hydrogen-bond donors (Lipinski definition) is 1. The molecule has 1 N–H and O–H groups in total. The Kier molecular flexibility index (Phi) is 4.44. The van der Waals surface area contributed by atoms with Gasteiger partial charge in [0.05, 0.1) is 7.11 Å². The zero-order valence-corrected chi connectivity index (χ0v) is 9.39. The molecule has 8 heteroatoms. The minimum absolute atomic E-state index is 0.0660. The number of halogens is 1. The van der Waals surface area contributed by atoms with E-state index in [2.05, 4.69) is 19.4 Å². The normalized spacial score (nSPS) is 9.73. The molecule has 6 nitrogen and oxygen atoms in total. The smallest absolute Gasteiger partial charge is 0.377 e. The molecule has 0 atom stereocenters. The van der Waals surface area contributed by atoms with Gasteiger partial charge in [0.25, 0.3) is 5.82 Å². The summed E-state index contributed by atoms with van der Waals surface area (Å²) in [6.07, 6.45) is 0.189. The van der Waals surface area contributed by atoms with Crippen molar-refractivity contribution in [2.45, 2.75) is 6.42 Å². The lowest BCUT2D eigenvalue weighted by Gasteiger charge is -1.96. The maximum Gasteiger partial charge on any atom is 0.377 e. The fraction of sp³-hybridized carbons (Fsp3) is 0.429. The van der Waals surface area contributed by atoms with E-state index in [-0.39, 0.29) is 29.2 Å². The van der Waals surface area contributed by atoms with E-state index < -0.39 is 5.97 Å². The SMILES string of the molecule is COC(=O)c1nsc(NC(=O)CCCl)n1. The molecule has 1 aromatic heterocycles. The molecule has 1 heterocycles. The molecule has 0 unspecified atom stereocenters. The van der Waals surface area contributed by atoms with Crippen LogP contribution in [0, 0.1) is 0 Å². The van der Waals surface area contributed by atoms with Gasteiger partial charge < -0.3 is 10.1 Å². The fourth-order valence-corrected chi connectivity index (χ4v) is 1.46. The molecule has 15 heavy (non-hydrogen) atoms. The Bertz CT molecular complexity index is 368. The van der Waals surface area contributed by atoms with Crippen LogP contribution in [-0.4, -0.2) is 34.2 Å². The molecule has 0 bridgehead atoms. The highest BCUT2D eigenvalue weighted by Gasteiger charge is 2.13. The van der Waals surface area contributed by atoms with E-state index in [1.165, 1.54) is 7.11 Å². The fourth-order valence-electron chi connectivity index (χ4n) is 0.716. The summed E-state index contributed by atoms with van der Waals surface area (Å²) < 4.78 is 8.12. The lowest BCUT2D eigenvalue weighted by molar-refractivity contribution is -0.115. The quantitative estimate of drug-likeness (QED) is 0.633. The standard InChI is InChI=1S/C7H8ClN3O3S/c1-14-6(13)5-10-7(15-11-5)9-4(12)2-3-8/h2-3H2,1H3,(H,9,10,11,12). The number of ether oxygens (including phenoxy) is 1. The first kappa shape index (κ1) is 11.9. The van der Waals surface area contributed by atoms with Gasteiger partial charge in [-0.1, -0.05) is 0 Å². The maximum atomic E-state index is 11.1. The summed E-state index contributed by atoms with van der Waals surface area (Å²) in [7, 11) is 1.23. The van der Waals surface area contributed by atoms with Gasteiger partial charge in [0.2, 0.25) is 11.0 Å². The predicted octanol–water partition coefficient (Wildman–Crippen LogP) is 0.892. The van der Waals surface area contributed by atoms with E-state index >= 15 is 0 Å². The molecule has 0 aliphatic heterocycles. The minimum Gasteiger partial charge on any atom is -0.463 e. The number of esters is 1. The first-order valence-electron chi connectivity index (χ1n) is 3.95. The molecule has 1 amide bonds. The molecule has 0 saturated heterocycles. The lowest BCUT2D eigenvalue weighted by atomic mass is 10.5. The Morgan fingerprint density at radius 3 is 2.93 bits per heavy atom. The van der Waals surface area contributed by atoms with E-state index in [0.717, 1.165) is 11.5 Å². The van der Waals surface area contributed by atoms with Crippen LogP contribution >= 0.6 is 23.1 Å². The van der Waals surface area contributed by atoms with Crippen LogP contribution in [0.3, 0.4) is 0 Å². The number of carbonyl (C=O) groups is 2. The Balaban J connectivity index is 2.60. The largest absolute Gasteiger partial charge is 0.463 e. The Morgan fingerprint density at radius 2 is 2.33 bits per heavy atom. The molecular formula is C7H8ClN3O3S. The Hall–Kier alpha value is -1.21. The van der Waals surface area contributed by atoms with Crippen molar-refractivity contribution in [2.75, 3.05) is 18.3 Å². The van der Waals surface area contributed by atoms with E-state index in [0.29, 0.717) is 0 Å². The van der Waals surface area contributed by atoms with Gasteiger partial charge in [0.15, 0.2) is 0 Å². The minimum atomic E-state index is -0.635. The van der Waals surface area contributed by atoms with E-state index in [1.54, 1.807) is 0 Å². The first-order valence-corrected chi connectivity index (χ1v) is 5.26. The monoisotopic (exact) mass is 249 g/mol. The van der Waals surface area contributed by atoms with Gasteiger partial charge in [-0.25, -0.2) is 4.79 Å². The summed E-state index contributed by atoms with van der Waals surface area (Å²) >= 11 is 6.28. The number of hydrogen-bond acceptors (Lipinski definition) is 6. The number of alkyl halides is 1. The topological polar surface area (TPSA) is 81.2 Å². The third-order valence-corrected chi connectivity index (χ3v) is 2.18. The second-order valence-electron chi connectivity index (χ2n) is 2.40. The lowest BCUT2D eigenvalue weighted by Crippen LogP contribution is -2.12. The van der Waals surface area contributed by atoms with Crippen molar-refractivity contribution in [1.29, 1.82) is 0 Å². The zero-order valence-electron chi connectivity index (χ0n) is 7.82. The molecule has 0 saturated carbocycles. The van der Waals surface area contributed by atoms with Gasteiger partial charge in [-0.05, 0) is 0 Å². The molecule has 0 aliphatic carbocycles. The highest BCUT2D eigenvalue weighted by molar-refractivity contribution is 7.10. The molecule has 1 rings (SSSR count). The summed E-state index contributed by atoms with van der Waals surface area (Å²) in [6.45, 7) is 0. The third-order valence-electron chi connectivity index (χ3n) is 1.36. The second-order valence-corrected chi connectivity index (χ2v) is 3.53. The van der Waals surface area contributed by atoms with Crippen LogP contribution in [0.1, 0.15) is 17.0 Å². The zero-order chi connectivity index (χ0) is 11.3. The van der Waals surface area contributed by atoms with Crippen LogP contribution in [0.2, 0.25) is 0 Å². The summed E-state index contributed by atoms with van der Waals surface area (Å²) in [6, 6.07) is 0. The number of nitrogens with one attached hydrogen (secondary N) is 1. The van der Waals surface area contributed by atoms with Gasteiger partial charge in [-0.2, -0.15) is 9.36 Å². The number of rotatable bonds is 4. The van der Waals surface area contributed by atoms with Gasteiger partial charge in [-0.15, -0.1) is 11.6 Å². The molecule has 82 valence electrons. The number of methoxy groups -OCH3 is 1. The summed E-state index contributed by atoms with van der Waals surface area (Å²) in [5, 5.41) is 2.71. The van der Waals surface area contributed by atoms with Gasteiger partial charge in [-0.3, -0.25) is 4.79 Å². The number of carbonyl (C=O) groups excluding carboxylic acids is 2. The summed E-state index contributed by atoms with van der Waals surface area (Å²) in [4.78, 5) is 25.8. The Morgan fingerprint density at radius 1 is 1.60 bits per heavy atom. The maximum absolute atomic E-state index is 11.1. The molecule has 0 aromatic carbocycles. The van der Waals surface area contributed by atoms with Crippen LogP contribution in [0.5, 0.6) is 0 Å². The highest BCUT2D eigenvalue weighted by Crippen LogP contribution is 2.11. The van der Waals surface area contributed by atoms with Crippen LogP contribution in [0.15, 0.2) is 0 Å². The summed E-state index contributed by atoms with van der Waals surface area (Å²) in [5.41, 5.74) is 0. The van der Waals surface area contributed by atoms with Gasteiger partial charge >= 0.3 is 5.97 Å². The molecule has 0 spiro atoms. The first-order chi connectivity index (χ1) is 7.17. The van der Waals surface area contributed by atoms with Crippen molar-refractivity contribution in [3.63, 3.8) is 0 Å². The second kappa shape index (κ2) is 5.62. The molecule has 0 radical (unpaired) electrons. The van der Waals surface area contributed by atoms with Crippen molar-refractivity contribution in [3.8, 4) is 0 Å². The van der Waals surface area contributed by atoms with E-state index in [4.69, 9.17) is 11.6 Å². The number of nitrogens with zero attached hydrogens (tertiary/aromatic N) is 2. The average molecular weight is 250 g/mol. The van der Waals surface area contributed by atoms with Crippen molar-refractivity contribution in [3.05, 3.63) is 5.82 Å². The third kappa shape index (κ3) is 3.45. The number of aromatic nitrogens is 2. The molecule has 0 fully saturated rings. The predicted molar refractivity (Wildman–Crippen MR) is 55.2 cm³/mol. The molecule has 1 aromatic rings. The molecular weight excluding hydrogens is 242 g/mol. The Labute approximate surface area is 94.8 Å². The van der Waals surface area contributed by atoms with Gasteiger partial charge in [0.1, 0.15) is 0 Å². The van der Waals surface area contributed by atoms with Crippen LogP contribution in [0.25, 0.3) is 0 Å². The van der Waals surface area contributed by atoms with Crippen molar-refractivity contribution >= 4 is 40.1 Å². The average Bonchev–Trinajstić information content (AvgIpc) is 2.65. The van der Waals surface area contributed by atoms with Crippen molar-refractivity contribution < 1.29 is 14.3 Å². The number of amides is 1. The van der Waals surface area contributed by atoms with Crippen LogP contribution in [0.4, 0.5) is 5.13 Å². The van der Waals surface area contributed by atoms with Crippen molar-refractivity contribution in [2.24, 2.45) is 0 Å². The highest BCUT2D eigenvalue weighted by atomic mass is 35.5. The van der Waals surface area contributed by atoms with Crippen molar-refractivity contribution in [1.82, 2.24) is 9.36 Å².